The zero-order chi connectivity index (χ0) is 17.8. The maximum atomic E-state index is 13.5. The number of benzene rings is 1. The molecule has 0 aromatic heterocycles. The fourth-order valence-corrected chi connectivity index (χ4v) is 7.24. The summed E-state index contributed by atoms with van der Waals surface area (Å²) < 4.78 is 16.6. The maximum Gasteiger partial charge on any atom is 0.326 e. The molecule has 8 heteroatoms. The van der Waals surface area contributed by atoms with Crippen molar-refractivity contribution in [1.29, 1.82) is 0 Å². The first kappa shape index (κ1) is 17.5. The van der Waals surface area contributed by atoms with E-state index in [0.717, 1.165) is 18.5 Å². The van der Waals surface area contributed by atoms with Crippen molar-refractivity contribution >= 4 is 25.5 Å². The van der Waals surface area contributed by atoms with Crippen molar-refractivity contribution in [3.05, 3.63) is 28.8 Å². The minimum Gasteiger partial charge on any atom is -0.624 e. The van der Waals surface area contributed by atoms with Crippen LogP contribution in [0.15, 0.2) is 18.2 Å². The zero-order valence-corrected chi connectivity index (χ0v) is 15.9. The van der Waals surface area contributed by atoms with E-state index in [2.05, 4.69) is 4.90 Å². The number of halogens is 1. The molecule has 0 amide bonds. The maximum absolute atomic E-state index is 13.5. The highest BCUT2D eigenvalue weighted by Crippen LogP contribution is 2.71. The lowest BCUT2D eigenvalue weighted by Gasteiger charge is -2.41. The van der Waals surface area contributed by atoms with E-state index in [0.29, 0.717) is 23.6 Å². The fourth-order valence-electron chi connectivity index (χ4n) is 4.68. The third-order valence-electron chi connectivity index (χ3n) is 5.58. The molecule has 3 heterocycles. The first-order chi connectivity index (χ1) is 11.9. The van der Waals surface area contributed by atoms with E-state index in [1.807, 2.05) is 6.07 Å². The Kier molecular flexibility index (Phi) is 4.25. The molecule has 1 unspecified atom stereocenters. The molecular formula is C17H21ClNO5P. The molecule has 0 N–H and O–H groups in total. The number of ether oxygens (including phenoxy) is 1. The van der Waals surface area contributed by atoms with Gasteiger partial charge in [0.05, 0.1) is 19.8 Å². The number of hydrogen-bond acceptors (Lipinski definition) is 6. The molecule has 0 bridgehead atoms. The van der Waals surface area contributed by atoms with Gasteiger partial charge in [0.15, 0.2) is 5.75 Å². The zero-order valence-electron chi connectivity index (χ0n) is 14.2. The van der Waals surface area contributed by atoms with Crippen LogP contribution in [0.25, 0.3) is 0 Å². The van der Waals surface area contributed by atoms with Crippen molar-refractivity contribution in [3.8, 4) is 5.75 Å². The largest absolute Gasteiger partial charge is 0.624 e. The SMILES string of the molecule is CCO[P+]1([O-])Oc2ccc(Cl)cc2[C@H]2[C@@H]1C[C@@]1(C(=O)OC)CCCN21. The van der Waals surface area contributed by atoms with E-state index >= 15 is 0 Å². The van der Waals surface area contributed by atoms with Crippen molar-refractivity contribution in [1.82, 2.24) is 4.90 Å². The van der Waals surface area contributed by atoms with Gasteiger partial charge in [0.2, 0.25) is 0 Å². The molecule has 2 saturated heterocycles. The van der Waals surface area contributed by atoms with Crippen molar-refractivity contribution < 1.29 is 23.5 Å². The molecule has 6 nitrogen and oxygen atoms in total. The van der Waals surface area contributed by atoms with Gasteiger partial charge in [-0.2, -0.15) is 0 Å². The van der Waals surface area contributed by atoms with Gasteiger partial charge in [0.1, 0.15) is 11.2 Å². The second kappa shape index (κ2) is 6.07. The van der Waals surface area contributed by atoms with Crippen LogP contribution in [0.5, 0.6) is 5.75 Å². The average molecular weight is 386 g/mol. The van der Waals surface area contributed by atoms with Gasteiger partial charge in [-0.05, 0) is 38.0 Å². The van der Waals surface area contributed by atoms with E-state index in [-0.39, 0.29) is 18.6 Å². The van der Waals surface area contributed by atoms with Gasteiger partial charge in [-0.1, -0.05) is 11.6 Å². The van der Waals surface area contributed by atoms with E-state index in [1.165, 1.54) is 7.11 Å². The Bertz CT molecular complexity index is 718. The molecule has 3 aliphatic heterocycles. The number of esters is 1. The fraction of sp³-hybridized carbons (Fsp3) is 0.588. The lowest BCUT2D eigenvalue weighted by atomic mass is 9.93. The number of carbonyl (C=O) groups is 1. The van der Waals surface area contributed by atoms with Gasteiger partial charge in [0, 0.05) is 23.6 Å². The molecule has 136 valence electrons. The third kappa shape index (κ3) is 2.42. The lowest BCUT2D eigenvalue weighted by molar-refractivity contribution is -0.215. The molecule has 0 spiro atoms. The predicted molar refractivity (Wildman–Crippen MR) is 92.5 cm³/mol. The van der Waals surface area contributed by atoms with Gasteiger partial charge >= 0.3 is 5.97 Å². The number of methoxy groups -OCH3 is 1. The lowest BCUT2D eigenvalue weighted by Crippen LogP contribution is -2.47. The average Bonchev–Trinajstić information content (AvgIpc) is 3.13. The highest BCUT2D eigenvalue weighted by atomic mass is 35.5. The second-order valence-corrected chi connectivity index (χ2v) is 9.39. The Morgan fingerprint density at radius 2 is 2.36 bits per heavy atom. The Hall–Kier alpha value is -0.910. The van der Waals surface area contributed by atoms with Gasteiger partial charge in [0.25, 0.3) is 7.94 Å². The summed E-state index contributed by atoms with van der Waals surface area (Å²) in [6.45, 7) is 2.82. The summed E-state index contributed by atoms with van der Waals surface area (Å²) in [5.74, 6) is 0.251. The van der Waals surface area contributed by atoms with Crippen LogP contribution in [0, 0.1) is 0 Å². The molecule has 2 fully saturated rings. The number of carbonyl (C=O) groups excluding carboxylic acids is 1. The molecule has 3 aliphatic rings. The monoisotopic (exact) mass is 385 g/mol. The van der Waals surface area contributed by atoms with Crippen LogP contribution in [-0.4, -0.2) is 42.3 Å². The summed E-state index contributed by atoms with van der Waals surface area (Å²) in [6, 6.07) is 5.06. The van der Waals surface area contributed by atoms with E-state index in [1.54, 1.807) is 19.1 Å². The summed E-state index contributed by atoms with van der Waals surface area (Å²) in [7, 11) is -2.00. The molecule has 4 atom stereocenters. The molecule has 0 radical (unpaired) electrons. The molecule has 25 heavy (non-hydrogen) atoms. The highest BCUT2D eigenvalue weighted by molar-refractivity contribution is 7.60. The van der Waals surface area contributed by atoms with Crippen molar-refractivity contribution in [2.75, 3.05) is 20.3 Å². The summed E-state index contributed by atoms with van der Waals surface area (Å²) in [6.07, 6.45) is 2.00. The van der Waals surface area contributed by atoms with Crippen LogP contribution < -0.4 is 9.42 Å². The van der Waals surface area contributed by atoms with Crippen LogP contribution >= 0.6 is 19.5 Å². The van der Waals surface area contributed by atoms with Crippen molar-refractivity contribution in [2.24, 2.45) is 0 Å². The number of nitrogens with zero attached hydrogens (tertiary/aromatic N) is 1. The minimum atomic E-state index is -3.40. The molecule has 1 aromatic rings. The summed E-state index contributed by atoms with van der Waals surface area (Å²) in [5, 5.41) is 0.587. The van der Waals surface area contributed by atoms with Gasteiger partial charge in [-0.25, -0.2) is 4.52 Å². The van der Waals surface area contributed by atoms with Crippen LogP contribution in [0.3, 0.4) is 0 Å². The minimum absolute atomic E-state index is 0.221. The smallest absolute Gasteiger partial charge is 0.326 e. The van der Waals surface area contributed by atoms with Gasteiger partial charge in [-0.15, -0.1) is 0 Å². The summed E-state index contributed by atoms with van der Waals surface area (Å²) >= 11 is 6.20. The Labute approximate surface area is 152 Å². The summed E-state index contributed by atoms with van der Waals surface area (Å²) in [4.78, 5) is 28.3. The third-order valence-corrected chi connectivity index (χ3v) is 8.16. The normalized spacial score (nSPS) is 36.3. The highest BCUT2D eigenvalue weighted by Gasteiger charge is 2.68. The number of hydrogen-bond donors (Lipinski definition) is 0. The Morgan fingerprint density at radius 1 is 1.56 bits per heavy atom. The van der Waals surface area contributed by atoms with Gasteiger partial charge in [-0.3, -0.25) is 9.69 Å². The summed E-state index contributed by atoms with van der Waals surface area (Å²) in [5.41, 5.74) is -0.293. The molecule has 4 rings (SSSR count). The standard InChI is InChI=1S/C17H21ClNO5P/c1-3-23-25(21)14-10-17(16(20)22-2)7-4-8-19(17)15(14)12-9-11(18)5-6-13(12)24-25/h5-6,9,14-15H,3-4,7-8,10H2,1-2H3/t14-,15-,17+,25?/m0/s1. The van der Waals surface area contributed by atoms with E-state index in [9.17, 15) is 9.69 Å². The number of rotatable bonds is 3. The Balaban J connectivity index is 1.86. The first-order valence-electron chi connectivity index (χ1n) is 8.53. The van der Waals surface area contributed by atoms with Crippen molar-refractivity contribution in [3.63, 3.8) is 0 Å². The predicted octanol–water partition coefficient (Wildman–Crippen LogP) is 2.71. The topological polar surface area (TPSA) is 71.1 Å². The van der Waals surface area contributed by atoms with Crippen LogP contribution in [0.2, 0.25) is 5.02 Å². The van der Waals surface area contributed by atoms with E-state index in [4.69, 9.17) is 25.4 Å². The van der Waals surface area contributed by atoms with Gasteiger partial charge < -0.3 is 14.2 Å². The van der Waals surface area contributed by atoms with Crippen LogP contribution in [0.1, 0.15) is 37.8 Å². The second-order valence-electron chi connectivity index (χ2n) is 6.77. The van der Waals surface area contributed by atoms with Crippen LogP contribution in [-0.2, 0) is 14.1 Å². The Morgan fingerprint density at radius 3 is 3.08 bits per heavy atom. The molecule has 0 aliphatic carbocycles. The molecule has 1 aromatic carbocycles. The number of fused-ring (bicyclic) bond motifs is 5. The quantitative estimate of drug-likeness (QED) is 0.588. The molecular weight excluding hydrogens is 365 g/mol. The van der Waals surface area contributed by atoms with Crippen LogP contribution in [0.4, 0.5) is 0 Å². The molecule has 0 saturated carbocycles. The van der Waals surface area contributed by atoms with E-state index < -0.39 is 19.1 Å². The first-order valence-corrected chi connectivity index (χ1v) is 10.5. The van der Waals surface area contributed by atoms with Crippen molar-refractivity contribution in [2.45, 2.75) is 43.4 Å².